The van der Waals surface area contributed by atoms with Crippen molar-refractivity contribution in [2.75, 3.05) is 25.0 Å². The van der Waals surface area contributed by atoms with Crippen LogP contribution in [0.5, 0.6) is 0 Å². The molecule has 2 aliphatic rings. The van der Waals surface area contributed by atoms with Crippen molar-refractivity contribution in [3.8, 4) is 11.3 Å². The lowest BCUT2D eigenvalue weighted by Gasteiger charge is -2.28. The number of fused-ring (bicyclic) bond motifs is 3. The number of aromatic nitrogens is 3. The molecule has 7 heteroatoms. The Morgan fingerprint density at radius 3 is 2.84 bits per heavy atom. The minimum Gasteiger partial charge on any atom is -0.422 e. The van der Waals surface area contributed by atoms with Crippen molar-refractivity contribution in [1.82, 2.24) is 19.3 Å². The van der Waals surface area contributed by atoms with E-state index in [-0.39, 0.29) is 5.63 Å². The van der Waals surface area contributed by atoms with E-state index in [1.165, 1.54) is 0 Å². The number of anilines is 1. The van der Waals surface area contributed by atoms with Crippen LogP contribution in [0.4, 0.5) is 5.69 Å². The van der Waals surface area contributed by atoms with Gasteiger partial charge in [-0.05, 0) is 38.5 Å². The van der Waals surface area contributed by atoms with Crippen LogP contribution in [0.1, 0.15) is 17.8 Å². The van der Waals surface area contributed by atoms with Gasteiger partial charge in [-0.2, -0.15) is 0 Å². The maximum absolute atomic E-state index is 12.9. The largest absolute Gasteiger partial charge is 0.422 e. The van der Waals surface area contributed by atoms with Gasteiger partial charge in [0, 0.05) is 61.3 Å². The molecular formula is C25H25N5O2. The zero-order valence-electron chi connectivity index (χ0n) is 18.5. The van der Waals surface area contributed by atoms with E-state index < -0.39 is 0 Å². The summed E-state index contributed by atoms with van der Waals surface area (Å²) in [5, 5.41) is 0.879. The van der Waals surface area contributed by atoms with Gasteiger partial charge in [0.05, 0.1) is 28.7 Å². The molecule has 2 atom stereocenters. The molecule has 32 heavy (non-hydrogen) atoms. The summed E-state index contributed by atoms with van der Waals surface area (Å²) >= 11 is 0. The van der Waals surface area contributed by atoms with Gasteiger partial charge in [0.15, 0.2) is 5.65 Å². The first-order valence-corrected chi connectivity index (χ1v) is 11.0. The quantitative estimate of drug-likeness (QED) is 0.454. The average Bonchev–Trinajstić information content (AvgIpc) is 3.43. The third kappa shape index (κ3) is 2.77. The van der Waals surface area contributed by atoms with Crippen molar-refractivity contribution in [2.24, 2.45) is 5.92 Å². The standard InChI is InChI=1S/C25H25N5O2/c1-14-11-29-13-21(27-24(29)15(2)26-14)20-9-17-5-6-19(10-22(17)32-25(20)31)30-8-7-18-12-28(4)16(3)23(18)30/h5-6,9-11,13,18,23H,3,7-8,12H2,1-2,4H3/t18-,23+/m0/s1. The molecule has 0 unspecified atom stereocenters. The van der Waals surface area contributed by atoms with Crippen LogP contribution in [0, 0.1) is 19.8 Å². The second-order valence-corrected chi connectivity index (χ2v) is 9.05. The molecule has 5 heterocycles. The van der Waals surface area contributed by atoms with Crippen molar-refractivity contribution in [3.63, 3.8) is 0 Å². The van der Waals surface area contributed by atoms with E-state index in [1.807, 2.05) is 48.8 Å². The van der Waals surface area contributed by atoms with Gasteiger partial charge >= 0.3 is 5.63 Å². The molecule has 0 bridgehead atoms. The van der Waals surface area contributed by atoms with E-state index >= 15 is 0 Å². The van der Waals surface area contributed by atoms with E-state index in [9.17, 15) is 4.79 Å². The molecule has 4 aromatic rings. The fraction of sp³-hybridized carbons (Fsp3) is 0.320. The molecule has 0 aliphatic carbocycles. The highest BCUT2D eigenvalue weighted by Crippen LogP contribution is 2.40. The summed E-state index contributed by atoms with van der Waals surface area (Å²) < 4.78 is 7.69. The van der Waals surface area contributed by atoms with E-state index in [4.69, 9.17) is 4.42 Å². The van der Waals surface area contributed by atoms with Crippen molar-refractivity contribution < 1.29 is 4.42 Å². The average molecular weight is 428 g/mol. The summed E-state index contributed by atoms with van der Waals surface area (Å²) in [5.74, 6) is 0.606. The van der Waals surface area contributed by atoms with E-state index in [1.54, 1.807) is 0 Å². The van der Waals surface area contributed by atoms with Gasteiger partial charge < -0.3 is 18.6 Å². The molecule has 3 aromatic heterocycles. The lowest BCUT2D eigenvalue weighted by molar-refractivity contribution is 0.431. The number of hydrogen-bond acceptors (Lipinski definition) is 6. The van der Waals surface area contributed by atoms with Crippen LogP contribution in [0.15, 0.2) is 58.1 Å². The Labute approximate surface area is 185 Å². The van der Waals surface area contributed by atoms with E-state index in [0.29, 0.717) is 28.8 Å². The molecule has 0 N–H and O–H groups in total. The summed E-state index contributed by atoms with van der Waals surface area (Å²) in [5.41, 5.74) is 5.96. The summed E-state index contributed by atoms with van der Waals surface area (Å²) in [4.78, 5) is 26.7. The first-order chi connectivity index (χ1) is 15.4. The van der Waals surface area contributed by atoms with Crippen LogP contribution in [-0.4, -0.2) is 45.4 Å². The number of likely N-dealkylation sites (N-methyl/N-ethyl adjacent to an activating group) is 1. The molecule has 0 radical (unpaired) electrons. The number of nitrogens with zero attached hydrogens (tertiary/aromatic N) is 5. The van der Waals surface area contributed by atoms with Gasteiger partial charge in [0.2, 0.25) is 0 Å². The molecule has 0 spiro atoms. The van der Waals surface area contributed by atoms with Crippen LogP contribution in [0.25, 0.3) is 27.9 Å². The summed E-state index contributed by atoms with van der Waals surface area (Å²) in [7, 11) is 2.11. The molecule has 162 valence electrons. The number of hydrogen-bond donors (Lipinski definition) is 0. The van der Waals surface area contributed by atoms with Crippen molar-refractivity contribution in [1.29, 1.82) is 0 Å². The molecule has 2 fully saturated rings. The summed E-state index contributed by atoms with van der Waals surface area (Å²) in [6, 6.07) is 8.31. The van der Waals surface area contributed by atoms with Gasteiger partial charge in [-0.1, -0.05) is 6.58 Å². The molecule has 6 rings (SSSR count). The van der Waals surface area contributed by atoms with Crippen LogP contribution < -0.4 is 10.5 Å². The van der Waals surface area contributed by atoms with Gasteiger partial charge in [-0.15, -0.1) is 0 Å². The Morgan fingerprint density at radius 2 is 2.00 bits per heavy atom. The predicted octanol–water partition coefficient (Wildman–Crippen LogP) is 3.77. The number of imidazole rings is 1. The monoisotopic (exact) mass is 427 g/mol. The molecule has 0 saturated carbocycles. The van der Waals surface area contributed by atoms with Crippen LogP contribution in [-0.2, 0) is 0 Å². The summed E-state index contributed by atoms with van der Waals surface area (Å²) in [6.45, 7) is 10.2. The fourth-order valence-corrected chi connectivity index (χ4v) is 5.38. The van der Waals surface area contributed by atoms with Crippen LogP contribution >= 0.6 is 0 Å². The SMILES string of the molecule is C=C1[C@@H]2[C@@H](CCN2c2ccc3cc(-c4cn5cc(C)nc(C)c5n4)c(=O)oc3c2)CN1C. The highest BCUT2D eigenvalue weighted by molar-refractivity contribution is 5.84. The Kier molecular flexibility index (Phi) is 4.00. The Balaban J connectivity index is 1.41. The number of rotatable bonds is 2. The second-order valence-electron chi connectivity index (χ2n) is 9.05. The second kappa shape index (κ2) is 6.69. The Hall–Kier alpha value is -3.61. The molecule has 0 amide bonds. The van der Waals surface area contributed by atoms with Crippen LogP contribution in [0.2, 0.25) is 0 Å². The molecule has 7 nitrogen and oxygen atoms in total. The smallest absolute Gasteiger partial charge is 0.345 e. The third-order valence-electron chi connectivity index (χ3n) is 6.92. The van der Waals surface area contributed by atoms with E-state index in [0.717, 1.165) is 53.3 Å². The maximum atomic E-state index is 12.9. The highest BCUT2D eigenvalue weighted by Gasteiger charge is 2.42. The number of benzene rings is 1. The van der Waals surface area contributed by atoms with Crippen LogP contribution in [0.3, 0.4) is 0 Å². The lowest BCUT2D eigenvalue weighted by atomic mass is 10.0. The number of likely N-dealkylation sites (tertiary alicyclic amines) is 1. The highest BCUT2D eigenvalue weighted by atomic mass is 16.4. The first-order valence-electron chi connectivity index (χ1n) is 11.0. The zero-order valence-corrected chi connectivity index (χ0v) is 18.5. The predicted molar refractivity (Wildman–Crippen MR) is 125 cm³/mol. The van der Waals surface area contributed by atoms with E-state index in [2.05, 4.69) is 39.5 Å². The zero-order chi connectivity index (χ0) is 22.1. The Morgan fingerprint density at radius 1 is 1.16 bits per heavy atom. The molecule has 1 aromatic carbocycles. The number of aryl methyl sites for hydroxylation is 2. The summed E-state index contributed by atoms with van der Waals surface area (Å²) in [6.07, 6.45) is 4.91. The van der Waals surface area contributed by atoms with Crippen molar-refractivity contribution in [3.05, 3.63) is 70.7 Å². The van der Waals surface area contributed by atoms with Crippen molar-refractivity contribution in [2.45, 2.75) is 26.3 Å². The minimum absolute atomic E-state index is 0.321. The molecule has 2 saturated heterocycles. The maximum Gasteiger partial charge on any atom is 0.345 e. The first kappa shape index (κ1) is 19.1. The Bertz CT molecular complexity index is 1470. The topological polar surface area (TPSA) is 66.9 Å². The molecular weight excluding hydrogens is 402 g/mol. The lowest BCUT2D eigenvalue weighted by Crippen LogP contribution is -2.32. The fourth-order valence-electron chi connectivity index (χ4n) is 5.38. The van der Waals surface area contributed by atoms with Gasteiger partial charge in [0.1, 0.15) is 5.58 Å². The molecule has 2 aliphatic heterocycles. The van der Waals surface area contributed by atoms with Gasteiger partial charge in [0.25, 0.3) is 0 Å². The minimum atomic E-state index is -0.385. The normalized spacial score (nSPS) is 20.7. The van der Waals surface area contributed by atoms with Gasteiger partial charge in [-0.3, -0.25) is 4.98 Å². The van der Waals surface area contributed by atoms with Gasteiger partial charge in [-0.25, -0.2) is 9.78 Å². The third-order valence-corrected chi connectivity index (χ3v) is 6.92. The van der Waals surface area contributed by atoms with Crippen molar-refractivity contribution >= 4 is 22.3 Å².